The second-order valence-corrected chi connectivity index (χ2v) is 25.0. The summed E-state index contributed by atoms with van der Waals surface area (Å²) in [4.78, 5) is 106. The molecule has 42 heteroatoms. The van der Waals surface area contributed by atoms with E-state index in [0.29, 0.717) is 52.9 Å². The molecule has 0 aromatic heterocycles. The van der Waals surface area contributed by atoms with Crippen molar-refractivity contribution in [2.24, 2.45) is 16.2 Å². The van der Waals surface area contributed by atoms with Gasteiger partial charge in [0.2, 0.25) is 0 Å². The van der Waals surface area contributed by atoms with Gasteiger partial charge in [-0.05, 0) is 0 Å². The molecule has 12 aliphatic rings. The number of carbonyl (C=O) groups excluding carboxylic acids is 10. The second kappa shape index (κ2) is 41.4. The van der Waals surface area contributed by atoms with Gasteiger partial charge in [0.05, 0.1) is 201 Å². The number of cyclic esters (lactones) is 16. The minimum Gasteiger partial charge on any atom is -0.430 e. The summed E-state index contributed by atoms with van der Waals surface area (Å²) in [5.41, 5.74) is -2.21. The van der Waals surface area contributed by atoms with Crippen LogP contribution in [0.15, 0.2) is 0 Å². The zero-order valence-corrected chi connectivity index (χ0v) is 55.5. The quantitative estimate of drug-likeness (QED) is 0.0417. The Balaban J connectivity index is 0.000000178. The van der Waals surface area contributed by atoms with Gasteiger partial charge >= 0.3 is 55.4 Å². The van der Waals surface area contributed by atoms with Crippen molar-refractivity contribution in [3.05, 3.63) is 0 Å². The molecule has 0 aromatic carbocycles. The van der Waals surface area contributed by atoms with Gasteiger partial charge in [-0.15, -0.1) is 0 Å². The molecular weight excluding hydrogens is 1390 g/mol. The first-order chi connectivity index (χ1) is 49.5. The molecule has 0 radical (unpaired) electrons. The lowest BCUT2D eigenvalue weighted by molar-refractivity contribution is -0.191. The van der Waals surface area contributed by atoms with Gasteiger partial charge in [-0.1, -0.05) is 0 Å². The van der Waals surface area contributed by atoms with Gasteiger partial charge in [0.1, 0.15) is 77.3 Å². The minimum atomic E-state index is -0.931. The lowest BCUT2D eigenvalue weighted by atomic mass is 9.92. The first-order valence-electron chi connectivity index (χ1n) is 32.6. The van der Waals surface area contributed by atoms with Crippen LogP contribution in [0, 0.1) is 16.2 Å². The normalized spacial score (nSPS) is 29.1. The Morgan fingerprint density at radius 2 is 0.324 bits per heavy atom. The van der Waals surface area contributed by atoms with Gasteiger partial charge in [-0.2, -0.15) is 9.59 Å². The highest BCUT2D eigenvalue weighted by molar-refractivity contribution is 5.64. The first kappa shape index (κ1) is 79.0. The molecule has 12 unspecified atom stereocenters. The van der Waals surface area contributed by atoms with Crippen molar-refractivity contribution in [2.45, 2.75) is 73.2 Å². The molecule has 0 bridgehead atoms. The summed E-state index contributed by atoms with van der Waals surface area (Å²) < 4.78 is 169. The lowest BCUT2D eigenvalue weighted by Crippen LogP contribution is -2.44. The van der Waals surface area contributed by atoms with Crippen LogP contribution in [-0.4, -0.2) is 366 Å². The predicted molar refractivity (Wildman–Crippen MR) is 311 cm³/mol. The Hall–Kier alpha value is -7.10. The summed E-state index contributed by atoms with van der Waals surface area (Å²) in [6.07, 6.45) is -9.60. The van der Waals surface area contributed by atoms with E-state index in [2.05, 4.69) is 0 Å². The van der Waals surface area contributed by atoms with Gasteiger partial charge in [0, 0.05) is 0 Å². The predicted octanol–water partition coefficient (Wildman–Crippen LogP) is -0.588. The fourth-order valence-corrected chi connectivity index (χ4v) is 9.87. The van der Waals surface area contributed by atoms with Crippen molar-refractivity contribution in [3.8, 4) is 0 Å². The van der Waals surface area contributed by atoms with Crippen molar-refractivity contribution in [1.29, 1.82) is 0 Å². The highest BCUT2D eigenvalue weighted by Gasteiger charge is 2.42. The third kappa shape index (κ3) is 30.3. The van der Waals surface area contributed by atoms with E-state index in [4.69, 9.17) is 161 Å². The van der Waals surface area contributed by atoms with E-state index in [1.165, 1.54) is 0 Å². The maximum atomic E-state index is 11.2. The fraction of sp³-hybridized carbons (Fsp3) is 0.850. The van der Waals surface area contributed by atoms with E-state index >= 15 is 0 Å². The average molecular weight is 1480 g/mol. The number of hydrogen-bond acceptors (Lipinski definition) is 42. The number of carbonyl (C=O) groups is 8. The summed E-state index contributed by atoms with van der Waals surface area (Å²) in [7, 11) is 0. The second-order valence-electron chi connectivity index (χ2n) is 25.0. The molecule has 576 valence electrons. The molecule has 12 saturated heterocycles. The number of hydrogen-bond donors (Lipinski definition) is 0. The fourth-order valence-electron chi connectivity index (χ4n) is 9.87. The van der Waals surface area contributed by atoms with Gasteiger partial charge in [-0.25, -0.2) is 38.4 Å². The third-order valence-corrected chi connectivity index (χ3v) is 15.4. The number of rotatable bonds is 48. The van der Waals surface area contributed by atoms with E-state index in [-0.39, 0.29) is 195 Å². The van der Waals surface area contributed by atoms with Gasteiger partial charge in [0.25, 0.3) is 0 Å². The zero-order valence-electron chi connectivity index (χ0n) is 55.5. The van der Waals surface area contributed by atoms with Crippen LogP contribution in [0.5, 0.6) is 0 Å². The summed E-state index contributed by atoms with van der Waals surface area (Å²) >= 11 is 0. The summed E-state index contributed by atoms with van der Waals surface area (Å²) in [6.45, 7) is 8.67. The molecule has 42 nitrogen and oxygen atoms in total. The number of epoxide rings is 4. The van der Waals surface area contributed by atoms with E-state index in [1.54, 1.807) is 0 Å². The first-order valence-corrected chi connectivity index (χ1v) is 32.6. The molecule has 12 aliphatic heterocycles. The molecule has 12 rings (SSSR count). The van der Waals surface area contributed by atoms with Crippen molar-refractivity contribution >= 4 is 55.4 Å². The Morgan fingerprint density at radius 1 is 0.216 bits per heavy atom. The van der Waals surface area contributed by atoms with Crippen LogP contribution in [0.25, 0.3) is 0 Å². The van der Waals surface area contributed by atoms with Crippen molar-refractivity contribution in [2.75, 3.05) is 238 Å². The average Bonchev–Trinajstić information content (AvgIpc) is 1.16. The van der Waals surface area contributed by atoms with Gasteiger partial charge < -0.3 is 152 Å². The zero-order chi connectivity index (χ0) is 71.8. The molecule has 0 amide bonds. The summed E-state index contributed by atoms with van der Waals surface area (Å²) in [5, 5.41) is 0. The van der Waals surface area contributed by atoms with Crippen molar-refractivity contribution in [3.63, 3.8) is 0 Å². The van der Waals surface area contributed by atoms with Crippen molar-refractivity contribution < 1.29 is 200 Å². The Labute approximate surface area is 580 Å². The molecule has 0 saturated carbocycles. The van der Waals surface area contributed by atoms with Crippen LogP contribution >= 0.6 is 0 Å². The monoisotopic (exact) mass is 1480 g/mol. The van der Waals surface area contributed by atoms with Crippen LogP contribution < -0.4 is 0 Å². The van der Waals surface area contributed by atoms with E-state index < -0.39 is 109 Å². The molecule has 0 aliphatic carbocycles. The lowest BCUT2D eigenvalue weighted by Gasteiger charge is -2.33. The highest BCUT2D eigenvalue weighted by Crippen LogP contribution is 2.28. The Morgan fingerprint density at radius 3 is 0.412 bits per heavy atom. The van der Waals surface area contributed by atoms with E-state index in [1.807, 2.05) is 0 Å². The van der Waals surface area contributed by atoms with E-state index in [9.17, 15) is 38.4 Å². The molecule has 12 fully saturated rings. The van der Waals surface area contributed by atoms with Crippen LogP contribution in [0.4, 0.5) is 38.4 Å². The maximum Gasteiger partial charge on any atom is 0.508 e. The van der Waals surface area contributed by atoms with E-state index in [0.717, 1.165) is 26.4 Å². The molecule has 0 N–H and O–H groups in total. The molecule has 12 heterocycles. The smallest absolute Gasteiger partial charge is 0.430 e. The van der Waals surface area contributed by atoms with Crippen LogP contribution in [0.1, 0.15) is 0 Å². The number of ether oxygens (including phenoxy) is 32. The molecular formula is C60H84O42. The van der Waals surface area contributed by atoms with Gasteiger partial charge in [-0.3, -0.25) is 0 Å². The van der Waals surface area contributed by atoms with Gasteiger partial charge in [0.15, 0.2) is 48.8 Å². The Kier molecular flexibility index (Phi) is 32.1. The topological polar surface area (TPSA) is 479 Å². The minimum absolute atomic E-state index is 0.0317. The van der Waals surface area contributed by atoms with Crippen LogP contribution in [0.3, 0.4) is 0 Å². The largest absolute Gasteiger partial charge is 0.508 e. The maximum absolute atomic E-state index is 11.2. The standard InChI is InChI=1S/2C21H28O16.C17H28O8.CO2/c2*22-17-30-5-13(34-17)1-26-9-21(10-27-2-14-6-31-18(23)35-14,11-28-3-15-7-32-19(24)36-15)12-29-4-16-8-33-20(25)37-16;1(13-5-22-13)18-9-17(10-19-2-14-6-23-14,11-20-3-15-7-24-15)12-21-4-16-8-25-16;2-1-3/h2*13-16H,1-12H2;13-16H,1-12H2;. The molecule has 0 aromatic rings. The summed E-state index contributed by atoms with van der Waals surface area (Å²) in [5.74, 6) is 0. The van der Waals surface area contributed by atoms with Crippen molar-refractivity contribution in [1.82, 2.24) is 0 Å². The third-order valence-electron chi connectivity index (χ3n) is 15.4. The van der Waals surface area contributed by atoms with Crippen LogP contribution in [-0.2, 0) is 161 Å². The Bertz CT molecular complexity index is 2180. The molecule has 12 atom stereocenters. The molecule has 0 spiro atoms. The summed E-state index contributed by atoms with van der Waals surface area (Å²) in [6, 6.07) is 0. The molecule has 102 heavy (non-hydrogen) atoms. The van der Waals surface area contributed by atoms with Crippen LogP contribution in [0.2, 0.25) is 0 Å². The SMILES string of the molecule is C(OCC(COCC1CO1)(COCC1CO1)COCC1CO1)C1CO1.O=C1OCC(COCC(COCC2COC(=O)O2)(COCC2COC(=O)O2)COCC2COC(=O)O2)O1.O=C1OCC(COCC(COCC2COC(=O)O2)(COCC2COC(=O)O2)COCC2COC(=O)O2)O1.O=C=O. The highest BCUT2D eigenvalue weighted by atomic mass is 16.8.